The molecule has 2 aromatic rings. The van der Waals surface area contributed by atoms with Crippen LogP contribution in [0.1, 0.15) is 43.0 Å². The monoisotopic (exact) mass is 326 g/mol. The minimum atomic E-state index is -0.162. The van der Waals surface area contributed by atoms with Gasteiger partial charge in [0.2, 0.25) is 0 Å². The molecule has 1 atom stereocenters. The first-order valence-corrected chi connectivity index (χ1v) is 6.94. The molecule has 19 heavy (non-hydrogen) atoms. The molecule has 3 N–H and O–H groups in total. The highest BCUT2D eigenvalue weighted by atomic mass is 79.9. The van der Waals surface area contributed by atoms with Gasteiger partial charge in [0, 0.05) is 13.1 Å². The normalized spacial score (nSPS) is 13.2. The van der Waals surface area contributed by atoms with E-state index >= 15 is 0 Å². The van der Waals surface area contributed by atoms with E-state index in [9.17, 15) is 0 Å². The van der Waals surface area contributed by atoms with E-state index in [0.29, 0.717) is 0 Å². The number of nitrogens with two attached hydrogens (primary N) is 1. The minimum Gasteiger partial charge on any atom is -0.270 e. The van der Waals surface area contributed by atoms with Crippen molar-refractivity contribution in [1.82, 2.24) is 25.0 Å². The van der Waals surface area contributed by atoms with Crippen molar-refractivity contribution < 1.29 is 0 Å². The van der Waals surface area contributed by atoms with E-state index in [1.54, 1.807) is 6.20 Å². The van der Waals surface area contributed by atoms with Gasteiger partial charge >= 0.3 is 0 Å². The molecule has 0 bridgehead atoms. The fourth-order valence-corrected chi connectivity index (χ4v) is 2.74. The third-order valence-corrected chi connectivity index (χ3v) is 3.66. The number of hydrazine groups is 1. The summed E-state index contributed by atoms with van der Waals surface area (Å²) in [6, 6.07) is 2.12. The Morgan fingerprint density at radius 1 is 1.42 bits per heavy atom. The van der Waals surface area contributed by atoms with Crippen LogP contribution >= 0.6 is 15.9 Å². The molecule has 0 radical (unpaired) electrons. The summed E-state index contributed by atoms with van der Waals surface area (Å²) < 4.78 is 4.73. The largest absolute Gasteiger partial charge is 0.270 e. The maximum absolute atomic E-state index is 5.76. The van der Waals surface area contributed by atoms with E-state index in [1.807, 2.05) is 29.4 Å². The van der Waals surface area contributed by atoms with Gasteiger partial charge in [-0.25, -0.2) is 5.43 Å². The molecular formula is C12H19BrN6. The van der Waals surface area contributed by atoms with E-state index in [0.717, 1.165) is 21.6 Å². The van der Waals surface area contributed by atoms with Gasteiger partial charge in [-0.05, 0) is 42.8 Å². The van der Waals surface area contributed by atoms with Crippen molar-refractivity contribution in [3.8, 4) is 0 Å². The maximum Gasteiger partial charge on any atom is 0.106 e. The Hall–Kier alpha value is -1.18. The zero-order valence-corrected chi connectivity index (χ0v) is 13.1. The van der Waals surface area contributed by atoms with Gasteiger partial charge in [-0.1, -0.05) is 0 Å². The van der Waals surface area contributed by atoms with Gasteiger partial charge in [0.25, 0.3) is 0 Å². The minimum absolute atomic E-state index is 0.162. The van der Waals surface area contributed by atoms with E-state index in [4.69, 9.17) is 5.84 Å². The standard InChI is InChI=1S/C12H19BrN6/c1-7(2)19-12(9(13)6-15-19)11(16-14)10-5-8(3)17-18(10)4/h5-7,11,16H,14H2,1-4H3. The van der Waals surface area contributed by atoms with Crippen LogP contribution in [0.4, 0.5) is 0 Å². The number of nitrogens with zero attached hydrogens (tertiary/aromatic N) is 4. The Kier molecular flexibility index (Phi) is 4.07. The quantitative estimate of drug-likeness (QED) is 0.664. The molecule has 2 heterocycles. The summed E-state index contributed by atoms with van der Waals surface area (Å²) in [6.07, 6.45) is 1.79. The number of halogens is 1. The van der Waals surface area contributed by atoms with E-state index in [2.05, 4.69) is 45.4 Å². The second-order valence-electron chi connectivity index (χ2n) is 4.85. The highest BCUT2D eigenvalue weighted by Crippen LogP contribution is 2.30. The summed E-state index contributed by atoms with van der Waals surface area (Å²) in [4.78, 5) is 0. The molecule has 6 nitrogen and oxygen atoms in total. The first kappa shape index (κ1) is 14.2. The second kappa shape index (κ2) is 5.44. The van der Waals surface area contributed by atoms with Crippen LogP contribution in [0, 0.1) is 6.92 Å². The van der Waals surface area contributed by atoms with Crippen LogP contribution in [-0.2, 0) is 7.05 Å². The Balaban J connectivity index is 2.54. The van der Waals surface area contributed by atoms with Gasteiger partial charge in [0.05, 0.1) is 27.8 Å². The molecule has 0 spiro atoms. The topological polar surface area (TPSA) is 73.7 Å². The average molecular weight is 327 g/mol. The summed E-state index contributed by atoms with van der Waals surface area (Å²) in [6.45, 7) is 6.14. The van der Waals surface area contributed by atoms with Crippen LogP contribution in [-0.4, -0.2) is 19.6 Å². The fraction of sp³-hybridized carbons (Fsp3) is 0.500. The third kappa shape index (κ3) is 2.58. The summed E-state index contributed by atoms with van der Waals surface area (Å²) in [5.74, 6) is 5.76. The smallest absolute Gasteiger partial charge is 0.106 e. The molecule has 104 valence electrons. The zero-order chi connectivity index (χ0) is 14.2. The Morgan fingerprint density at radius 3 is 2.58 bits per heavy atom. The van der Waals surface area contributed by atoms with E-state index in [1.165, 1.54) is 0 Å². The first-order chi connectivity index (χ1) is 8.95. The van der Waals surface area contributed by atoms with E-state index in [-0.39, 0.29) is 12.1 Å². The van der Waals surface area contributed by atoms with Crippen LogP contribution in [0.15, 0.2) is 16.7 Å². The van der Waals surface area contributed by atoms with Crippen LogP contribution in [0.2, 0.25) is 0 Å². The summed E-state index contributed by atoms with van der Waals surface area (Å²) in [5.41, 5.74) is 5.83. The SMILES string of the molecule is Cc1cc(C(NN)c2c(Br)cnn2C(C)C)n(C)n1. The zero-order valence-electron chi connectivity index (χ0n) is 11.6. The Bertz CT molecular complexity index is 571. The molecule has 2 aromatic heterocycles. The van der Waals surface area contributed by atoms with Crippen molar-refractivity contribution >= 4 is 15.9 Å². The third-order valence-electron chi connectivity index (χ3n) is 3.05. The van der Waals surface area contributed by atoms with Crippen LogP contribution in [0.25, 0.3) is 0 Å². The van der Waals surface area contributed by atoms with Gasteiger partial charge < -0.3 is 0 Å². The number of aromatic nitrogens is 4. The average Bonchev–Trinajstić information content (AvgIpc) is 2.85. The van der Waals surface area contributed by atoms with Crippen molar-refractivity contribution in [1.29, 1.82) is 0 Å². The number of rotatable bonds is 4. The highest BCUT2D eigenvalue weighted by Gasteiger charge is 2.24. The lowest BCUT2D eigenvalue weighted by Gasteiger charge is -2.20. The molecule has 0 aliphatic rings. The predicted octanol–water partition coefficient (Wildman–Crippen LogP) is 1.82. The molecule has 0 saturated carbocycles. The first-order valence-electron chi connectivity index (χ1n) is 6.15. The van der Waals surface area contributed by atoms with Crippen molar-refractivity contribution in [2.75, 3.05) is 0 Å². The lowest BCUT2D eigenvalue weighted by atomic mass is 10.1. The summed E-state index contributed by atoms with van der Waals surface area (Å²) >= 11 is 3.55. The number of aryl methyl sites for hydroxylation is 2. The molecule has 0 amide bonds. The maximum atomic E-state index is 5.76. The summed E-state index contributed by atoms with van der Waals surface area (Å²) in [7, 11) is 1.91. The van der Waals surface area contributed by atoms with Crippen LogP contribution < -0.4 is 11.3 Å². The molecule has 2 rings (SSSR count). The molecule has 0 aliphatic carbocycles. The molecule has 0 aliphatic heterocycles. The number of nitrogens with one attached hydrogen (secondary N) is 1. The highest BCUT2D eigenvalue weighted by molar-refractivity contribution is 9.10. The Labute approximate surface area is 121 Å². The molecule has 1 unspecified atom stereocenters. The van der Waals surface area contributed by atoms with Crippen molar-refractivity contribution in [3.63, 3.8) is 0 Å². The molecule has 0 fully saturated rings. The molecular weight excluding hydrogens is 308 g/mol. The summed E-state index contributed by atoms with van der Waals surface area (Å²) in [5, 5.41) is 8.76. The molecule has 0 aromatic carbocycles. The van der Waals surface area contributed by atoms with Crippen molar-refractivity contribution in [2.45, 2.75) is 32.9 Å². The van der Waals surface area contributed by atoms with Gasteiger partial charge in [-0.2, -0.15) is 10.2 Å². The predicted molar refractivity (Wildman–Crippen MR) is 77.4 cm³/mol. The lowest BCUT2D eigenvalue weighted by Crippen LogP contribution is -2.32. The van der Waals surface area contributed by atoms with Crippen molar-refractivity contribution in [2.24, 2.45) is 12.9 Å². The van der Waals surface area contributed by atoms with E-state index < -0.39 is 0 Å². The van der Waals surface area contributed by atoms with Gasteiger partial charge in [0.1, 0.15) is 6.04 Å². The van der Waals surface area contributed by atoms with Gasteiger partial charge in [-0.3, -0.25) is 15.2 Å². The molecule has 7 heteroatoms. The number of hydrogen-bond acceptors (Lipinski definition) is 4. The molecule has 0 saturated heterocycles. The van der Waals surface area contributed by atoms with Crippen molar-refractivity contribution in [3.05, 3.63) is 33.8 Å². The van der Waals surface area contributed by atoms with Crippen LogP contribution in [0.5, 0.6) is 0 Å². The van der Waals surface area contributed by atoms with Crippen LogP contribution in [0.3, 0.4) is 0 Å². The van der Waals surface area contributed by atoms with Gasteiger partial charge in [-0.15, -0.1) is 0 Å². The lowest BCUT2D eigenvalue weighted by molar-refractivity contribution is 0.463. The fourth-order valence-electron chi connectivity index (χ4n) is 2.24. The number of hydrogen-bond donors (Lipinski definition) is 2. The van der Waals surface area contributed by atoms with Gasteiger partial charge in [0.15, 0.2) is 0 Å². The second-order valence-corrected chi connectivity index (χ2v) is 5.70. The Morgan fingerprint density at radius 2 is 2.11 bits per heavy atom.